The molecule has 2 N–H and O–H groups in total. The van der Waals surface area contributed by atoms with Crippen LogP contribution in [0, 0.1) is 0 Å². The van der Waals surface area contributed by atoms with Crippen molar-refractivity contribution in [3.8, 4) is 0 Å². The molecule has 0 saturated heterocycles. The Hall–Kier alpha value is -0.570. The van der Waals surface area contributed by atoms with E-state index >= 15 is 0 Å². The van der Waals surface area contributed by atoms with E-state index in [9.17, 15) is 0 Å². The lowest BCUT2D eigenvalue weighted by Crippen LogP contribution is -2.40. The first-order valence-corrected chi connectivity index (χ1v) is 8.59. The van der Waals surface area contributed by atoms with Crippen molar-refractivity contribution in [1.29, 1.82) is 0 Å². The maximum atomic E-state index is 5.96. The standard InChI is InChI=1S/C16H30N2S/c1-4-6-8-10-16(3,11-9-7-5-2)18-12-13-19-15(17)14-18/h12-14H,4-11,17H2,1-3H3. The van der Waals surface area contributed by atoms with E-state index in [0.717, 1.165) is 5.03 Å². The first kappa shape index (κ1) is 16.5. The third-order valence-electron chi connectivity index (χ3n) is 3.95. The van der Waals surface area contributed by atoms with Crippen LogP contribution in [0.25, 0.3) is 0 Å². The van der Waals surface area contributed by atoms with Gasteiger partial charge >= 0.3 is 0 Å². The fourth-order valence-electron chi connectivity index (χ4n) is 2.62. The van der Waals surface area contributed by atoms with E-state index in [1.807, 2.05) is 0 Å². The zero-order chi connectivity index (χ0) is 14.1. The summed E-state index contributed by atoms with van der Waals surface area (Å²) in [5.41, 5.74) is 6.19. The van der Waals surface area contributed by atoms with Gasteiger partial charge < -0.3 is 10.6 Å². The average molecular weight is 282 g/mol. The summed E-state index contributed by atoms with van der Waals surface area (Å²) in [6.07, 6.45) is 14.7. The van der Waals surface area contributed by atoms with Crippen molar-refractivity contribution < 1.29 is 0 Å². The molecule has 0 aromatic rings. The number of rotatable bonds is 9. The molecule has 1 heterocycles. The number of hydrogen-bond donors (Lipinski definition) is 1. The highest BCUT2D eigenvalue weighted by Gasteiger charge is 2.28. The predicted octanol–water partition coefficient (Wildman–Crippen LogP) is 5.18. The molecule has 19 heavy (non-hydrogen) atoms. The number of hydrogen-bond acceptors (Lipinski definition) is 3. The molecule has 2 nitrogen and oxygen atoms in total. The molecular weight excluding hydrogens is 252 g/mol. The van der Waals surface area contributed by atoms with Gasteiger partial charge in [-0.25, -0.2) is 0 Å². The van der Waals surface area contributed by atoms with E-state index in [-0.39, 0.29) is 5.54 Å². The molecule has 0 aliphatic carbocycles. The third kappa shape index (κ3) is 5.52. The van der Waals surface area contributed by atoms with Gasteiger partial charge in [-0.3, -0.25) is 0 Å². The van der Waals surface area contributed by atoms with Crippen LogP contribution in [0.15, 0.2) is 22.8 Å². The Bertz CT molecular complexity index is 300. The lowest BCUT2D eigenvalue weighted by molar-refractivity contribution is 0.183. The number of thioether (sulfide) groups is 1. The molecule has 0 aromatic carbocycles. The summed E-state index contributed by atoms with van der Waals surface area (Å²) < 4.78 is 0. The minimum absolute atomic E-state index is 0.229. The lowest BCUT2D eigenvalue weighted by atomic mass is 9.87. The molecule has 110 valence electrons. The predicted molar refractivity (Wildman–Crippen MR) is 87.5 cm³/mol. The Labute approximate surface area is 123 Å². The number of unbranched alkanes of at least 4 members (excludes halogenated alkanes) is 4. The molecular formula is C16H30N2S. The summed E-state index contributed by atoms with van der Waals surface area (Å²) in [5, 5.41) is 3.01. The Morgan fingerprint density at radius 1 is 1.11 bits per heavy atom. The summed E-state index contributed by atoms with van der Waals surface area (Å²) in [5.74, 6) is 0. The van der Waals surface area contributed by atoms with Crippen molar-refractivity contribution in [2.75, 3.05) is 0 Å². The van der Waals surface area contributed by atoms with Gasteiger partial charge in [-0.2, -0.15) is 0 Å². The minimum Gasteiger partial charge on any atom is -0.392 e. The Morgan fingerprint density at radius 3 is 2.16 bits per heavy atom. The van der Waals surface area contributed by atoms with Crippen LogP contribution in [0.1, 0.15) is 72.1 Å². The van der Waals surface area contributed by atoms with Crippen LogP contribution in [0.4, 0.5) is 0 Å². The monoisotopic (exact) mass is 282 g/mol. The van der Waals surface area contributed by atoms with Crippen LogP contribution in [-0.4, -0.2) is 10.4 Å². The van der Waals surface area contributed by atoms with Crippen LogP contribution in [0.2, 0.25) is 0 Å². The first-order chi connectivity index (χ1) is 9.12. The van der Waals surface area contributed by atoms with E-state index in [1.54, 1.807) is 11.8 Å². The molecule has 0 radical (unpaired) electrons. The average Bonchev–Trinajstić information content (AvgIpc) is 2.39. The van der Waals surface area contributed by atoms with E-state index in [2.05, 4.69) is 43.5 Å². The molecule has 0 saturated carbocycles. The van der Waals surface area contributed by atoms with Crippen molar-refractivity contribution >= 4 is 11.8 Å². The van der Waals surface area contributed by atoms with E-state index in [1.165, 1.54) is 51.4 Å². The Morgan fingerprint density at radius 2 is 1.68 bits per heavy atom. The highest BCUT2D eigenvalue weighted by atomic mass is 32.2. The normalized spacial score (nSPS) is 15.7. The smallest absolute Gasteiger partial charge is 0.0863 e. The van der Waals surface area contributed by atoms with Gasteiger partial charge in [0.15, 0.2) is 0 Å². The second kappa shape index (κ2) is 8.57. The molecule has 0 amide bonds. The SMILES string of the molecule is CCCCCC(C)(CCCCC)N1C=CSC(N)=C1. The topological polar surface area (TPSA) is 29.3 Å². The molecule has 3 heteroatoms. The lowest BCUT2D eigenvalue weighted by Gasteiger charge is -2.40. The summed E-state index contributed by atoms with van der Waals surface area (Å²) in [6.45, 7) is 6.93. The summed E-state index contributed by atoms with van der Waals surface area (Å²) in [4.78, 5) is 2.35. The molecule has 0 aromatic heterocycles. The van der Waals surface area contributed by atoms with E-state index in [4.69, 9.17) is 5.73 Å². The molecule has 1 aliphatic heterocycles. The minimum atomic E-state index is 0.229. The molecule has 0 fully saturated rings. The van der Waals surface area contributed by atoms with Crippen LogP contribution in [0.5, 0.6) is 0 Å². The van der Waals surface area contributed by atoms with Gasteiger partial charge in [0.05, 0.1) is 5.03 Å². The second-order valence-electron chi connectivity index (χ2n) is 5.75. The third-order valence-corrected chi connectivity index (χ3v) is 4.59. The van der Waals surface area contributed by atoms with Crippen LogP contribution in [-0.2, 0) is 0 Å². The van der Waals surface area contributed by atoms with Crippen LogP contribution >= 0.6 is 11.8 Å². The fourth-order valence-corrected chi connectivity index (χ4v) is 3.14. The summed E-state index contributed by atoms with van der Waals surface area (Å²) in [7, 11) is 0. The molecule has 0 bridgehead atoms. The Kier molecular flexibility index (Phi) is 7.44. The van der Waals surface area contributed by atoms with E-state index < -0.39 is 0 Å². The van der Waals surface area contributed by atoms with Gasteiger partial charge in [-0.1, -0.05) is 64.1 Å². The van der Waals surface area contributed by atoms with Gasteiger partial charge in [-0.05, 0) is 25.2 Å². The quantitative estimate of drug-likeness (QED) is 0.591. The fraction of sp³-hybridized carbons (Fsp3) is 0.750. The molecule has 0 spiro atoms. The van der Waals surface area contributed by atoms with Gasteiger partial charge in [0, 0.05) is 17.9 Å². The van der Waals surface area contributed by atoms with Gasteiger partial charge in [0.1, 0.15) is 0 Å². The van der Waals surface area contributed by atoms with Crippen molar-refractivity contribution in [3.05, 3.63) is 22.8 Å². The number of nitrogens with zero attached hydrogens (tertiary/aromatic N) is 1. The van der Waals surface area contributed by atoms with Gasteiger partial charge in [0.25, 0.3) is 0 Å². The van der Waals surface area contributed by atoms with Crippen LogP contribution in [0.3, 0.4) is 0 Å². The van der Waals surface area contributed by atoms with Crippen molar-refractivity contribution in [3.63, 3.8) is 0 Å². The first-order valence-electron chi connectivity index (χ1n) is 7.71. The van der Waals surface area contributed by atoms with E-state index in [0.29, 0.717) is 0 Å². The van der Waals surface area contributed by atoms with Crippen LogP contribution < -0.4 is 5.73 Å². The van der Waals surface area contributed by atoms with Gasteiger partial charge in [-0.15, -0.1) is 0 Å². The van der Waals surface area contributed by atoms with Crippen molar-refractivity contribution in [1.82, 2.24) is 4.90 Å². The zero-order valence-corrected chi connectivity index (χ0v) is 13.6. The zero-order valence-electron chi connectivity index (χ0n) is 12.8. The highest BCUT2D eigenvalue weighted by Crippen LogP contribution is 2.33. The molecule has 1 rings (SSSR count). The van der Waals surface area contributed by atoms with Gasteiger partial charge in [0.2, 0.25) is 0 Å². The number of nitrogens with two attached hydrogens (primary N) is 1. The summed E-state index contributed by atoms with van der Waals surface area (Å²) >= 11 is 1.61. The molecule has 1 aliphatic rings. The van der Waals surface area contributed by atoms with Crippen molar-refractivity contribution in [2.45, 2.75) is 77.7 Å². The maximum Gasteiger partial charge on any atom is 0.0863 e. The summed E-state index contributed by atoms with van der Waals surface area (Å²) in [6, 6.07) is 0. The maximum absolute atomic E-state index is 5.96. The molecule has 0 atom stereocenters. The largest absolute Gasteiger partial charge is 0.392 e. The second-order valence-corrected chi connectivity index (χ2v) is 6.73. The van der Waals surface area contributed by atoms with Crippen molar-refractivity contribution in [2.24, 2.45) is 5.73 Å². The molecule has 0 unspecified atom stereocenters. The highest BCUT2D eigenvalue weighted by molar-refractivity contribution is 8.05. The Balaban J connectivity index is 2.66.